The molecule has 18 heavy (non-hydrogen) atoms. The second-order valence-electron chi connectivity index (χ2n) is 4.86. The van der Waals surface area contributed by atoms with Gasteiger partial charge in [0, 0.05) is 19.6 Å². The maximum atomic E-state index is 4.71. The van der Waals surface area contributed by atoms with Crippen molar-refractivity contribution in [1.82, 2.24) is 14.9 Å². The molecule has 0 N–H and O–H groups in total. The quantitative estimate of drug-likeness (QED) is 0.763. The molecule has 94 valence electrons. The van der Waals surface area contributed by atoms with E-state index in [0.717, 1.165) is 43.0 Å². The van der Waals surface area contributed by atoms with Gasteiger partial charge in [0.15, 0.2) is 0 Å². The molecular weight excluding hydrogens is 224 g/mol. The molecular formula is C14H18N4. The van der Waals surface area contributed by atoms with Crippen LogP contribution in [-0.4, -0.2) is 48.1 Å². The first-order valence-corrected chi connectivity index (χ1v) is 6.48. The van der Waals surface area contributed by atoms with E-state index in [0.29, 0.717) is 0 Å². The zero-order valence-corrected chi connectivity index (χ0v) is 10.7. The number of nitrogens with zero attached hydrogens (tertiary/aromatic N) is 4. The van der Waals surface area contributed by atoms with Gasteiger partial charge in [-0.05, 0) is 32.1 Å². The van der Waals surface area contributed by atoms with Gasteiger partial charge in [-0.2, -0.15) is 0 Å². The fourth-order valence-corrected chi connectivity index (χ4v) is 2.38. The number of anilines is 1. The van der Waals surface area contributed by atoms with E-state index in [1.807, 2.05) is 30.5 Å². The maximum Gasteiger partial charge on any atom is 0.147 e. The van der Waals surface area contributed by atoms with E-state index in [1.54, 1.807) is 0 Å². The Morgan fingerprint density at radius 3 is 2.72 bits per heavy atom. The monoisotopic (exact) mass is 242 g/mol. The minimum Gasteiger partial charge on any atom is -0.354 e. The van der Waals surface area contributed by atoms with Crippen molar-refractivity contribution in [3.05, 3.63) is 30.5 Å². The first kappa shape index (κ1) is 11.4. The molecule has 0 spiro atoms. The van der Waals surface area contributed by atoms with Crippen LogP contribution in [0.5, 0.6) is 0 Å². The highest BCUT2D eigenvalue weighted by Crippen LogP contribution is 2.16. The third-order valence-electron chi connectivity index (χ3n) is 3.48. The van der Waals surface area contributed by atoms with Crippen LogP contribution in [0.25, 0.3) is 11.0 Å². The van der Waals surface area contributed by atoms with Crippen LogP contribution in [0.1, 0.15) is 6.42 Å². The van der Waals surface area contributed by atoms with E-state index in [2.05, 4.69) is 21.8 Å². The Morgan fingerprint density at radius 1 is 1.00 bits per heavy atom. The van der Waals surface area contributed by atoms with Gasteiger partial charge in [-0.1, -0.05) is 12.1 Å². The lowest BCUT2D eigenvalue weighted by Gasteiger charge is -2.21. The van der Waals surface area contributed by atoms with Crippen LogP contribution in [0, 0.1) is 0 Å². The zero-order chi connectivity index (χ0) is 12.4. The summed E-state index contributed by atoms with van der Waals surface area (Å²) in [5, 5.41) is 0. The molecule has 2 aromatic rings. The highest BCUT2D eigenvalue weighted by Gasteiger charge is 2.14. The number of benzene rings is 1. The molecule has 1 aromatic heterocycles. The summed E-state index contributed by atoms with van der Waals surface area (Å²) in [6.07, 6.45) is 3.08. The molecule has 0 saturated carbocycles. The SMILES string of the molecule is CN1CCCN(c2cnc3ccccc3n2)CC1. The van der Waals surface area contributed by atoms with E-state index < -0.39 is 0 Å². The number of hydrogen-bond donors (Lipinski definition) is 0. The Balaban J connectivity index is 1.89. The Labute approximate surface area is 107 Å². The fraction of sp³-hybridized carbons (Fsp3) is 0.429. The summed E-state index contributed by atoms with van der Waals surface area (Å²) in [7, 11) is 2.18. The maximum absolute atomic E-state index is 4.71. The molecule has 2 heterocycles. The number of likely N-dealkylation sites (N-methyl/N-ethyl adjacent to an activating group) is 1. The summed E-state index contributed by atoms with van der Waals surface area (Å²) < 4.78 is 0. The van der Waals surface area contributed by atoms with Gasteiger partial charge < -0.3 is 9.80 Å². The van der Waals surface area contributed by atoms with Crippen LogP contribution >= 0.6 is 0 Å². The van der Waals surface area contributed by atoms with Crippen LogP contribution < -0.4 is 4.90 Å². The third-order valence-corrected chi connectivity index (χ3v) is 3.48. The van der Waals surface area contributed by atoms with E-state index in [1.165, 1.54) is 6.42 Å². The van der Waals surface area contributed by atoms with Gasteiger partial charge in [0.05, 0.1) is 17.2 Å². The summed E-state index contributed by atoms with van der Waals surface area (Å²) >= 11 is 0. The Bertz CT molecular complexity index is 540. The van der Waals surface area contributed by atoms with Gasteiger partial charge in [0.1, 0.15) is 5.82 Å². The molecule has 1 aromatic carbocycles. The summed E-state index contributed by atoms with van der Waals surface area (Å²) in [4.78, 5) is 13.9. The van der Waals surface area contributed by atoms with Gasteiger partial charge in [-0.3, -0.25) is 4.98 Å². The third kappa shape index (κ3) is 2.29. The van der Waals surface area contributed by atoms with E-state index in [9.17, 15) is 0 Å². The fourth-order valence-electron chi connectivity index (χ4n) is 2.38. The average molecular weight is 242 g/mol. The predicted octanol–water partition coefficient (Wildman–Crippen LogP) is 1.77. The molecule has 1 saturated heterocycles. The molecule has 1 aliphatic heterocycles. The lowest BCUT2D eigenvalue weighted by molar-refractivity contribution is 0.360. The molecule has 4 nitrogen and oxygen atoms in total. The van der Waals surface area contributed by atoms with E-state index in [-0.39, 0.29) is 0 Å². The van der Waals surface area contributed by atoms with Crippen LogP contribution in [0.3, 0.4) is 0 Å². The lowest BCUT2D eigenvalue weighted by Crippen LogP contribution is -2.29. The molecule has 0 unspecified atom stereocenters. The smallest absolute Gasteiger partial charge is 0.147 e. The largest absolute Gasteiger partial charge is 0.354 e. The Hall–Kier alpha value is -1.68. The van der Waals surface area contributed by atoms with Crippen LogP contribution in [0.2, 0.25) is 0 Å². The number of fused-ring (bicyclic) bond motifs is 1. The minimum absolute atomic E-state index is 0.966. The average Bonchev–Trinajstić information content (AvgIpc) is 2.63. The molecule has 1 fully saturated rings. The number of rotatable bonds is 1. The van der Waals surface area contributed by atoms with Crippen molar-refractivity contribution in [2.24, 2.45) is 0 Å². The van der Waals surface area contributed by atoms with Gasteiger partial charge in [-0.15, -0.1) is 0 Å². The van der Waals surface area contributed by atoms with Crippen molar-refractivity contribution < 1.29 is 0 Å². The summed E-state index contributed by atoms with van der Waals surface area (Å²) in [5.41, 5.74) is 1.95. The highest BCUT2D eigenvalue weighted by molar-refractivity contribution is 5.75. The van der Waals surface area contributed by atoms with Crippen molar-refractivity contribution in [2.45, 2.75) is 6.42 Å². The van der Waals surface area contributed by atoms with Gasteiger partial charge in [-0.25, -0.2) is 4.98 Å². The second-order valence-corrected chi connectivity index (χ2v) is 4.86. The molecule has 0 radical (unpaired) electrons. The van der Waals surface area contributed by atoms with Crippen molar-refractivity contribution in [2.75, 3.05) is 38.1 Å². The zero-order valence-electron chi connectivity index (χ0n) is 10.7. The van der Waals surface area contributed by atoms with Gasteiger partial charge in [0.2, 0.25) is 0 Å². The second kappa shape index (κ2) is 4.90. The van der Waals surface area contributed by atoms with E-state index >= 15 is 0 Å². The molecule has 0 aliphatic carbocycles. The van der Waals surface area contributed by atoms with Crippen LogP contribution in [0.15, 0.2) is 30.5 Å². The van der Waals surface area contributed by atoms with Crippen molar-refractivity contribution in [3.63, 3.8) is 0 Å². The number of aromatic nitrogens is 2. The molecule has 0 amide bonds. The lowest BCUT2D eigenvalue weighted by atomic mass is 10.3. The van der Waals surface area contributed by atoms with Gasteiger partial charge >= 0.3 is 0 Å². The van der Waals surface area contributed by atoms with Crippen LogP contribution in [-0.2, 0) is 0 Å². The van der Waals surface area contributed by atoms with Crippen molar-refractivity contribution in [1.29, 1.82) is 0 Å². The van der Waals surface area contributed by atoms with E-state index in [4.69, 9.17) is 4.98 Å². The standard InChI is InChI=1S/C14H18N4/c1-17-7-4-8-18(10-9-17)14-11-15-12-5-2-3-6-13(12)16-14/h2-3,5-6,11H,4,7-10H2,1H3. The molecule has 0 bridgehead atoms. The molecule has 1 aliphatic rings. The summed E-state index contributed by atoms with van der Waals surface area (Å²) in [6, 6.07) is 8.03. The predicted molar refractivity (Wildman–Crippen MR) is 73.9 cm³/mol. The topological polar surface area (TPSA) is 32.3 Å². The normalized spacial score (nSPS) is 17.9. The molecule has 3 rings (SSSR count). The summed E-state index contributed by atoms with van der Waals surface area (Å²) in [6.45, 7) is 4.35. The summed E-state index contributed by atoms with van der Waals surface area (Å²) in [5.74, 6) is 1.00. The first-order chi connectivity index (χ1) is 8.83. The number of hydrogen-bond acceptors (Lipinski definition) is 4. The number of para-hydroxylation sites is 2. The van der Waals surface area contributed by atoms with Gasteiger partial charge in [0.25, 0.3) is 0 Å². The van der Waals surface area contributed by atoms with Crippen molar-refractivity contribution in [3.8, 4) is 0 Å². The van der Waals surface area contributed by atoms with Crippen molar-refractivity contribution >= 4 is 16.9 Å². The Morgan fingerprint density at radius 2 is 1.83 bits per heavy atom. The Kier molecular flexibility index (Phi) is 3.11. The molecule has 4 heteroatoms. The first-order valence-electron chi connectivity index (χ1n) is 6.48. The van der Waals surface area contributed by atoms with Crippen LogP contribution in [0.4, 0.5) is 5.82 Å². The minimum atomic E-state index is 0.966. The highest BCUT2D eigenvalue weighted by atomic mass is 15.2. The molecule has 0 atom stereocenters.